The molecule has 3 saturated heterocycles. The predicted molar refractivity (Wildman–Crippen MR) is 80.0 cm³/mol. The normalized spacial score (nSPS) is 43.7. The van der Waals surface area contributed by atoms with Crippen LogP contribution in [0.5, 0.6) is 0 Å². The van der Waals surface area contributed by atoms with Gasteiger partial charge in [0.2, 0.25) is 5.91 Å². The third-order valence-electron chi connectivity index (χ3n) is 5.94. The molecule has 3 heterocycles. The molecule has 6 nitrogen and oxygen atoms in total. The summed E-state index contributed by atoms with van der Waals surface area (Å²) in [6.07, 6.45) is 5.27. The molecule has 0 aromatic carbocycles. The van der Waals surface area contributed by atoms with Gasteiger partial charge in [0.15, 0.2) is 0 Å². The Balaban J connectivity index is 1.39. The van der Waals surface area contributed by atoms with Crippen molar-refractivity contribution in [1.29, 1.82) is 0 Å². The summed E-state index contributed by atoms with van der Waals surface area (Å²) in [5.41, 5.74) is 6.41. The van der Waals surface area contributed by atoms with Crippen molar-refractivity contribution in [2.45, 2.75) is 50.9 Å². The Kier molecular flexibility index (Phi) is 3.65. The first-order valence-electron chi connectivity index (χ1n) is 8.49. The predicted octanol–water partition coefficient (Wildman–Crippen LogP) is -0.311. The molecule has 0 radical (unpaired) electrons. The first-order chi connectivity index (χ1) is 10.2. The van der Waals surface area contributed by atoms with Crippen molar-refractivity contribution in [2.75, 3.05) is 26.3 Å². The van der Waals surface area contributed by atoms with Crippen LogP contribution in [-0.2, 0) is 4.79 Å². The van der Waals surface area contributed by atoms with Crippen LogP contribution in [0.3, 0.4) is 0 Å². The average Bonchev–Trinajstić information content (AvgIpc) is 3.12. The molecule has 1 aliphatic carbocycles. The zero-order valence-electron chi connectivity index (χ0n) is 12.8. The number of nitrogens with one attached hydrogen (secondary N) is 3. The van der Waals surface area contributed by atoms with E-state index in [1.54, 1.807) is 0 Å². The minimum Gasteiger partial charge on any atom is -0.337 e. The van der Waals surface area contributed by atoms with Gasteiger partial charge in [0.05, 0.1) is 25.4 Å². The van der Waals surface area contributed by atoms with E-state index in [1.165, 1.54) is 19.3 Å². The van der Waals surface area contributed by atoms with E-state index >= 15 is 0 Å². The van der Waals surface area contributed by atoms with Crippen LogP contribution in [0.15, 0.2) is 0 Å². The maximum atomic E-state index is 12.8. The summed E-state index contributed by atoms with van der Waals surface area (Å²) in [7, 11) is 0. The lowest BCUT2D eigenvalue weighted by Crippen LogP contribution is -2.58. The molecule has 21 heavy (non-hydrogen) atoms. The van der Waals surface area contributed by atoms with Gasteiger partial charge in [0.1, 0.15) is 0 Å². The molecule has 6 heteroatoms. The number of nitrogens with zero attached hydrogens (tertiary/aromatic N) is 2. The maximum Gasteiger partial charge on any atom is 0.239 e. The molecule has 1 saturated carbocycles. The number of carbonyl (C=O) groups excluding carboxylic acids is 1. The van der Waals surface area contributed by atoms with E-state index < -0.39 is 0 Å². The van der Waals surface area contributed by atoms with Gasteiger partial charge >= 0.3 is 0 Å². The highest BCUT2D eigenvalue weighted by Crippen LogP contribution is 2.37. The quantitative estimate of drug-likeness (QED) is 0.619. The molecule has 4 aliphatic rings. The van der Waals surface area contributed by atoms with E-state index in [4.69, 9.17) is 0 Å². The number of rotatable bonds is 1. The monoisotopic (exact) mass is 293 g/mol. The summed E-state index contributed by atoms with van der Waals surface area (Å²) in [4.78, 5) is 17.2. The largest absolute Gasteiger partial charge is 0.337 e. The van der Waals surface area contributed by atoms with Crippen LogP contribution in [-0.4, -0.2) is 60.3 Å². The Hall–Kier alpha value is -0.690. The summed E-state index contributed by atoms with van der Waals surface area (Å²) in [5.74, 6) is 1.76. The summed E-state index contributed by atoms with van der Waals surface area (Å²) < 4.78 is 0. The average molecular weight is 293 g/mol. The maximum absolute atomic E-state index is 12.8. The number of amides is 1. The van der Waals surface area contributed by atoms with Gasteiger partial charge < -0.3 is 10.2 Å². The van der Waals surface area contributed by atoms with Crippen molar-refractivity contribution in [1.82, 2.24) is 26.0 Å². The van der Waals surface area contributed by atoms with Crippen LogP contribution in [0.25, 0.3) is 0 Å². The fourth-order valence-corrected chi connectivity index (χ4v) is 4.70. The summed E-state index contributed by atoms with van der Waals surface area (Å²) in [6, 6.07) is 0.627. The smallest absolute Gasteiger partial charge is 0.239 e. The molecule has 0 spiro atoms. The Bertz CT molecular complexity index is 417. The fraction of sp³-hybridized carbons (Fsp3) is 0.933. The highest BCUT2D eigenvalue weighted by atomic mass is 16.2. The van der Waals surface area contributed by atoms with Gasteiger partial charge in [-0.2, -0.15) is 0 Å². The Morgan fingerprint density at radius 2 is 2.14 bits per heavy atom. The van der Waals surface area contributed by atoms with Crippen molar-refractivity contribution < 1.29 is 4.79 Å². The SMILES string of the molecule is CC1CCCC2CC(C(=O)N3CCN4CNNC4C3)NC12. The second kappa shape index (κ2) is 5.50. The molecule has 3 N–H and O–H groups in total. The van der Waals surface area contributed by atoms with Gasteiger partial charge in [0.25, 0.3) is 0 Å². The number of fused-ring (bicyclic) bond motifs is 2. The van der Waals surface area contributed by atoms with Gasteiger partial charge in [-0.15, -0.1) is 0 Å². The number of hydrazine groups is 1. The van der Waals surface area contributed by atoms with Crippen LogP contribution >= 0.6 is 0 Å². The molecule has 0 aromatic heterocycles. The Morgan fingerprint density at radius 3 is 3.00 bits per heavy atom. The van der Waals surface area contributed by atoms with Crippen LogP contribution < -0.4 is 16.2 Å². The topological polar surface area (TPSA) is 59.6 Å². The van der Waals surface area contributed by atoms with E-state index in [0.29, 0.717) is 11.9 Å². The molecule has 0 aromatic rings. The van der Waals surface area contributed by atoms with Gasteiger partial charge in [-0.25, -0.2) is 10.9 Å². The molecule has 1 amide bonds. The zero-order chi connectivity index (χ0) is 14.4. The number of carbonyl (C=O) groups is 1. The molecule has 5 unspecified atom stereocenters. The van der Waals surface area contributed by atoms with Crippen LogP contribution in [0.4, 0.5) is 0 Å². The molecular weight excluding hydrogens is 266 g/mol. The van der Waals surface area contributed by atoms with Crippen molar-refractivity contribution in [3.63, 3.8) is 0 Å². The van der Waals surface area contributed by atoms with Crippen LogP contribution in [0.1, 0.15) is 32.6 Å². The molecular formula is C15H27N5O. The molecule has 3 aliphatic heterocycles. The van der Waals surface area contributed by atoms with Crippen LogP contribution in [0, 0.1) is 11.8 Å². The number of piperazine rings is 1. The van der Waals surface area contributed by atoms with E-state index in [0.717, 1.165) is 44.6 Å². The summed E-state index contributed by atoms with van der Waals surface area (Å²) in [5, 5.41) is 3.66. The molecule has 5 atom stereocenters. The van der Waals surface area contributed by atoms with Gasteiger partial charge in [-0.1, -0.05) is 13.3 Å². The lowest BCUT2D eigenvalue weighted by molar-refractivity contribution is -0.136. The second-order valence-electron chi connectivity index (χ2n) is 7.24. The zero-order valence-corrected chi connectivity index (χ0v) is 12.8. The van der Waals surface area contributed by atoms with Crippen molar-refractivity contribution >= 4 is 5.91 Å². The highest BCUT2D eigenvalue weighted by molar-refractivity contribution is 5.82. The number of hydrogen-bond donors (Lipinski definition) is 3. The van der Waals surface area contributed by atoms with E-state index in [-0.39, 0.29) is 12.2 Å². The lowest BCUT2D eigenvalue weighted by Gasteiger charge is -2.37. The third kappa shape index (κ3) is 2.48. The molecule has 0 bridgehead atoms. The molecule has 4 fully saturated rings. The van der Waals surface area contributed by atoms with Crippen molar-refractivity contribution in [3.8, 4) is 0 Å². The molecule has 4 rings (SSSR count). The first kappa shape index (κ1) is 13.9. The Morgan fingerprint density at radius 1 is 1.24 bits per heavy atom. The first-order valence-corrected chi connectivity index (χ1v) is 8.49. The number of hydrogen-bond acceptors (Lipinski definition) is 5. The standard InChI is InChI=1S/C15H27N5O/c1-10-3-2-4-11-7-12(17-14(10)11)15(21)19-5-6-20-9-16-18-13(20)8-19/h10-14,16-18H,2-9H2,1H3. The highest BCUT2D eigenvalue weighted by Gasteiger charge is 2.43. The summed E-state index contributed by atoms with van der Waals surface area (Å²) in [6.45, 7) is 5.85. The van der Waals surface area contributed by atoms with E-state index in [2.05, 4.69) is 32.9 Å². The van der Waals surface area contributed by atoms with E-state index in [1.807, 2.05) is 0 Å². The van der Waals surface area contributed by atoms with Gasteiger partial charge in [-0.05, 0) is 31.1 Å². The van der Waals surface area contributed by atoms with Crippen molar-refractivity contribution in [3.05, 3.63) is 0 Å². The molecule has 118 valence electrons. The second-order valence-corrected chi connectivity index (χ2v) is 7.24. The third-order valence-corrected chi connectivity index (χ3v) is 5.94. The summed E-state index contributed by atoms with van der Waals surface area (Å²) >= 11 is 0. The van der Waals surface area contributed by atoms with Crippen LogP contribution in [0.2, 0.25) is 0 Å². The van der Waals surface area contributed by atoms with Gasteiger partial charge in [-0.3, -0.25) is 9.69 Å². The lowest BCUT2D eigenvalue weighted by atomic mass is 9.78. The fourth-order valence-electron chi connectivity index (χ4n) is 4.70. The Labute approximate surface area is 126 Å². The minimum absolute atomic E-state index is 0.0569. The van der Waals surface area contributed by atoms with E-state index in [9.17, 15) is 4.79 Å². The van der Waals surface area contributed by atoms with Gasteiger partial charge in [0, 0.05) is 19.1 Å². The minimum atomic E-state index is 0.0569. The van der Waals surface area contributed by atoms with Crippen molar-refractivity contribution in [2.24, 2.45) is 11.8 Å².